The molecule has 0 aliphatic carbocycles. The van der Waals surface area contributed by atoms with Gasteiger partial charge in [0.05, 0.1) is 18.8 Å². The van der Waals surface area contributed by atoms with Crippen LogP contribution in [-0.2, 0) is 4.74 Å². The Hall–Kier alpha value is -1.55. The number of aryl methyl sites for hydroxylation is 1. The van der Waals surface area contributed by atoms with E-state index in [-0.39, 0.29) is 12.0 Å². The summed E-state index contributed by atoms with van der Waals surface area (Å²) in [5, 5.41) is 2.90. The van der Waals surface area contributed by atoms with Crippen molar-refractivity contribution < 1.29 is 14.3 Å². The quantitative estimate of drug-likeness (QED) is 0.886. The highest BCUT2D eigenvalue weighted by molar-refractivity contribution is 5.97. The first-order chi connectivity index (χ1) is 8.70. The van der Waals surface area contributed by atoms with Gasteiger partial charge in [0.1, 0.15) is 5.75 Å². The van der Waals surface area contributed by atoms with Crippen LogP contribution in [-0.4, -0.2) is 32.3 Å². The Balaban J connectivity index is 2.00. The maximum absolute atomic E-state index is 12.1. The summed E-state index contributed by atoms with van der Waals surface area (Å²) in [5.41, 5.74) is 1.62. The Morgan fingerprint density at radius 2 is 2.39 bits per heavy atom. The van der Waals surface area contributed by atoms with Gasteiger partial charge in [0.25, 0.3) is 5.91 Å². The van der Waals surface area contributed by atoms with Gasteiger partial charge in [-0.2, -0.15) is 0 Å². The molecular formula is C14H19NO3. The molecule has 0 bridgehead atoms. The van der Waals surface area contributed by atoms with Crippen LogP contribution in [0.15, 0.2) is 18.2 Å². The van der Waals surface area contributed by atoms with Crippen LogP contribution < -0.4 is 10.1 Å². The average molecular weight is 249 g/mol. The Morgan fingerprint density at radius 1 is 1.56 bits per heavy atom. The minimum absolute atomic E-state index is 0.106. The summed E-state index contributed by atoms with van der Waals surface area (Å²) in [7, 11) is 1.57. The molecular weight excluding hydrogens is 230 g/mol. The smallest absolute Gasteiger partial charge is 0.255 e. The van der Waals surface area contributed by atoms with Crippen molar-refractivity contribution in [2.45, 2.75) is 25.9 Å². The SMILES string of the molecule is COc1ccc(C)cc1C(=O)NCC1CCCO1. The topological polar surface area (TPSA) is 47.6 Å². The summed E-state index contributed by atoms with van der Waals surface area (Å²) < 4.78 is 10.7. The molecule has 1 aromatic rings. The van der Waals surface area contributed by atoms with E-state index >= 15 is 0 Å². The van der Waals surface area contributed by atoms with E-state index in [1.54, 1.807) is 7.11 Å². The minimum Gasteiger partial charge on any atom is -0.496 e. The molecule has 0 aromatic heterocycles. The number of nitrogens with one attached hydrogen (secondary N) is 1. The van der Waals surface area contributed by atoms with E-state index in [0.717, 1.165) is 25.0 Å². The molecule has 0 spiro atoms. The molecule has 1 amide bonds. The summed E-state index contributed by atoms with van der Waals surface area (Å²) in [4.78, 5) is 12.1. The molecule has 1 aliphatic rings. The first kappa shape index (κ1) is 12.9. The van der Waals surface area contributed by atoms with Gasteiger partial charge in [-0.3, -0.25) is 4.79 Å². The van der Waals surface area contributed by atoms with Crippen LogP contribution in [0.2, 0.25) is 0 Å². The molecule has 4 heteroatoms. The summed E-state index contributed by atoms with van der Waals surface area (Å²) in [6.45, 7) is 3.32. The fourth-order valence-electron chi connectivity index (χ4n) is 2.11. The molecule has 1 aliphatic heterocycles. The van der Waals surface area contributed by atoms with Gasteiger partial charge in [-0.15, -0.1) is 0 Å². The lowest BCUT2D eigenvalue weighted by Gasteiger charge is -2.13. The normalized spacial score (nSPS) is 18.7. The van der Waals surface area contributed by atoms with Crippen molar-refractivity contribution in [2.24, 2.45) is 0 Å². The predicted molar refractivity (Wildman–Crippen MR) is 69.0 cm³/mol. The molecule has 4 nitrogen and oxygen atoms in total. The second kappa shape index (κ2) is 5.87. The van der Waals surface area contributed by atoms with Gasteiger partial charge in [0.15, 0.2) is 0 Å². The Labute approximate surface area is 107 Å². The van der Waals surface area contributed by atoms with Gasteiger partial charge >= 0.3 is 0 Å². The number of rotatable bonds is 4. The third kappa shape index (κ3) is 3.01. The van der Waals surface area contributed by atoms with Crippen LogP contribution in [0.25, 0.3) is 0 Å². The summed E-state index contributed by atoms with van der Waals surface area (Å²) in [6.07, 6.45) is 2.25. The molecule has 1 saturated heterocycles. The number of hydrogen-bond acceptors (Lipinski definition) is 3. The van der Waals surface area contributed by atoms with Gasteiger partial charge < -0.3 is 14.8 Å². The molecule has 0 saturated carbocycles. The molecule has 1 aromatic carbocycles. The van der Waals surface area contributed by atoms with Crippen molar-refractivity contribution in [3.05, 3.63) is 29.3 Å². The van der Waals surface area contributed by atoms with E-state index in [0.29, 0.717) is 17.9 Å². The molecule has 1 heterocycles. The highest BCUT2D eigenvalue weighted by Crippen LogP contribution is 2.19. The van der Waals surface area contributed by atoms with Crippen molar-refractivity contribution in [3.63, 3.8) is 0 Å². The number of methoxy groups -OCH3 is 1. The largest absolute Gasteiger partial charge is 0.496 e. The molecule has 0 radical (unpaired) electrons. The van der Waals surface area contributed by atoms with Crippen LogP contribution in [0, 0.1) is 6.92 Å². The van der Waals surface area contributed by atoms with Crippen LogP contribution in [0.1, 0.15) is 28.8 Å². The molecule has 1 fully saturated rings. The van der Waals surface area contributed by atoms with Crippen molar-refractivity contribution in [1.29, 1.82) is 0 Å². The Morgan fingerprint density at radius 3 is 3.06 bits per heavy atom. The lowest BCUT2D eigenvalue weighted by molar-refractivity contribution is 0.0855. The Bertz CT molecular complexity index is 425. The summed E-state index contributed by atoms with van der Waals surface area (Å²) in [6, 6.07) is 5.58. The lowest BCUT2D eigenvalue weighted by atomic mass is 10.1. The van der Waals surface area contributed by atoms with E-state index in [2.05, 4.69) is 5.32 Å². The number of carbonyl (C=O) groups excluding carboxylic acids is 1. The van der Waals surface area contributed by atoms with Crippen LogP contribution >= 0.6 is 0 Å². The highest BCUT2D eigenvalue weighted by atomic mass is 16.5. The van der Waals surface area contributed by atoms with Crippen LogP contribution in [0.5, 0.6) is 5.75 Å². The number of ether oxygens (including phenoxy) is 2. The fourth-order valence-corrected chi connectivity index (χ4v) is 2.11. The second-order valence-electron chi connectivity index (χ2n) is 4.55. The number of amides is 1. The minimum atomic E-state index is -0.106. The average Bonchev–Trinajstić information content (AvgIpc) is 2.89. The van der Waals surface area contributed by atoms with Gasteiger partial charge in [-0.1, -0.05) is 11.6 Å². The van der Waals surface area contributed by atoms with E-state index < -0.39 is 0 Å². The zero-order chi connectivity index (χ0) is 13.0. The molecule has 1 atom stereocenters. The molecule has 1 N–H and O–H groups in total. The first-order valence-electron chi connectivity index (χ1n) is 6.25. The number of hydrogen-bond donors (Lipinski definition) is 1. The first-order valence-corrected chi connectivity index (χ1v) is 6.25. The molecule has 18 heavy (non-hydrogen) atoms. The second-order valence-corrected chi connectivity index (χ2v) is 4.55. The van der Waals surface area contributed by atoms with Gasteiger partial charge in [-0.05, 0) is 31.9 Å². The maximum atomic E-state index is 12.1. The third-order valence-corrected chi connectivity index (χ3v) is 3.11. The summed E-state index contributed by atoms with van der Waals surface area (Å²) in [5.74, 6) is 0.497. The van der Waals surface area contributed by atoms with E-state index in [1.807, 2.05) is 25.1 Å². The monoisotopic (exact) mass is 249 g/mol. The molecule has 98 valence electrons. The van der Waals surface area contributed by atoms with E-state index in [9.17, 15) is 4.79 Å². The number of carbonyl (C=O) groups is 1. The van der Waals surface area contributed by atoms with E-state index in [1.165, 1.54) is 0 Å². The van der Waals surface area contributed by atoms with Crippen LogP contribution in [0.3, 0.4) is 0 Å². The van der Waals surface area contributed by atoms with Crippen molar-refractivity contribution >= 4 is 5.91 Å². The number of benzene rings is 1. The zero-order valence-corrected chi connectivity index (χ0v) is 10.9. The zero-order valence-electron chi connectivity index (χ0n) is 10.9. The molecule has 1 unspecified atom stereocenters. The highest BCUT2D eigenvalue weighted by Gasteiger charge is 2.18. The Kier molecular flexibility index (Phi) is 4.20. The molecule has 2 rings (SSSR count). The van der Waals surface area contributed by atoms with Gasteiger partial charge in [-0.25, -0.2) is 0 Å². The van der Waals surface area contributed by atoms with Gasteiger partial charge in [0.2, 0.25) is 0 Å². The van der Waals surface area contributed by atoms with Crippen molar-refractivity contribution in [3.8, 4) is 5.75 Å². The van der Waals surface area contributed by atoms with Crippen molar-refractivity contribution in [1.82, 2.24) is 5.32 Å². The maximum Gasteiger partial charge on any atom is 0.255 e. The third-order valence-electron chi connectivity index (χ3n) is 3.11. The van der Waals surface area contributed by atoms with E-state index in [4.69, 9.17) is 9.47 Å². The van der Waals surface area contributed by atoms with Crippen molar-refractivity contribution in [2.75, 3.05) is 20.3 Å². The summed E-state index contributed by atoms with van der Waals surface area (Å²) >= 11 is 0. The van der Waals surface area contributed by atoms with Gasteiger partial charge in [0, 0.05) is 13.2 Å². The fraction of sp³-hybridized carbons (Fsp3) is 0.500. The lowest BCUT2D eigenvalue weighted by Crippen LogP contribution is -2.32. The standard InChI is InChI=1S/C14H19NO3/c1-10-5-6-13(17-2)12(8-10)14(16)15-9-11-4-3-7-18-11/h5-6,8,11H,3-4,7,9H2,1-2H3,(H,15,16). The van der Waals surface area contributed by atoms with Crippen LogP contribution in [0.4, 0.5) is 0 Å². The predicted octanol–water partition coefficient (Wildman–Crippen LogP) is 1.91.